The van der Waals surface area contributed by atoms with Crippen molar-refractivity contribution < 1.29 is 9.66 Å². The van der Waals surface area contributed by atoms with E-state index in [9.17, 15) is 10.1 Å². The summed E-state index contributed by atoms with van der Waals surface area (Å²) in [6.07, 6.45) is 0.963. The van der Waals surface area contributed by atoms with Crippen molar-refractivity contribution in [3.05, 3.63) is 69.8 Å². The predicted octanol–water partition coefficient (Wildman–Crippen LogP) is 4.08. The molecule has 2 aromatic rings. The first-order valence-corrected chi connectivity index (χ1v) is 8.85. The number of halogens is 1. The summed E-state index contributed by atoms with van der Waals surface area (Å²) in [5, 5.41) is 17.2. The molecule has 0 heterocycles. The number of non-ortho nitro benzene ring substituents is 1. The van der Waals surface area contributed by atoms with Crippen LogP contribution in [0.4, 0.5) is 5.69 Å². The summed E-state index contributed by atoms with van der Waals surface area (Å²) in [7, 11) is 3.38. The van der Waals surface area contributed by atoms with Gasteiger partial charge in [0.1, 0.15) is 5.75 Å². The standard InChI is InChI=1S/C20H26N4O3.HI/c1-15(17-6-10-19(27-3)11-7-17)12-13-22-20(21-2)23-14-16-4-8-18(9-5-16)24(25)26;/h4-11,15H,12-14H2,1-3H3,(H2,21,22,23);1H. The van der Waals surface area contributed by atoms with Gasteiger partial charge in [-0.05, 0) is 35.6 Å². The zero-order valence-corrected chi connectivity index (χ0v) is 18.7. The molecule has 8 heteroatoms. The number of nitro benzene ring substituents is 1. The van der Waals surface area contributed by atoms with Crippen LogP contribution in [0.2, 0.25) is 0 Å². The quantitative estimate of drug-likeness (QED) is 0.188. The summed E-state index contributed by atoms with van der Waals surface area (Å²) in [5.41, 5.74) is 2.32. The molecule has 0 fully saturated rings. The van der Waals surface area contributed by atoms with Gasteiger partial charge in [0.05, 0.1) is 12.0 Å². The third kappa shape index (κ3) is 7.34. The first kappa shape index (κ1) is 23.7. The number of nitrogens with zero attached hydrogens (tertiary/aromatic N) is 2. The average Bonchev–Trinajstić information content (AvgIpc) is 2.70. The third-order valence-electron chi connectivity index (χ3n) is 4.39. The van der Waals surface area contributed by atoms with Crippen molar-refractivity contribution in [3.8, 4) is 5.75 Å². The summed E-state index contributed by atoms with van der Waals surface area (Å²) in [5.74, 6) is 1.98. The molecule has 0 spiro atoms. The van der Waals surface area contributed by atoms with E-state index in [0.717, 1.165) is 24.3 Å². The average molecular weight is 498 g/mol. The highest BCUT2D eigenvalue weighted by atomic mass is 127. The minimum atomic E-state index is -0.401. The zero-order chi connectivity index (χ0) is 19.6. The van der Waals surface area contributed by atoms with Crippen LogP contribution in [-0.4, -0.2) is 31.6 Å². The molecule has 0 aliphatic heterocycles. The molecule has 0 amide bonds. The molecule has 7 nitrogen and oxygen atoms in total. The lowest BCUT2D eigenvalue weighted by Crippen LogP contribution is -2.37. The van der Waals surface area contributed by atoms with Crippen LogP contribution < -0.4 is 15.4 Å². The van der Waals surface area contributed by atoms with E-state index < -0.39 is 4.92 Å². The highest BCUT2D eigenvalue weighted by Gasteiger charge is 2.07. The van der Waals surface area contributed by atoms with Crippen LogP contribution in [0.15, 0.2) is 53.5 Å². The van der Waals surface area contributed by atoms with Gasteiger partial charge in [-0.2, -0.15) is 0 Å². The van der Waals surface area contributed by atoms with Gasteiger partial charge in [0.25, 0.3) is 5.69 Å². The molecule has 2 rings (SSSR count). The van der Waals surface area contributed by atoms with Gasteiger partial charge in [-0.25, -0.2) is 0 Å². The van der Waals surface area contributed by atoms with E-state index in [1.165, 1.54) is 17.7 Å². The lowest BCUT2D eigenvalue weighted by Gasteiger charge is -2.15. The van der Waals surface area contributed by atoms with E-state index in [-0.39, 0.29) is 29.7 Å². The Morgan fingerprint density at radius 3 is 2.32 bits per heavy atom. The van der Waals surface area contributed by atoms with Crippen LogP contribution in [0.5, 0.6) is 5.75 Å². The Balaban J connectivity index is 0.00000392. The fourth-order valence-electron chi connectivity index (χ4n) is 2.65. The lowest BCUT2D eigenvalue weighted by atomic mass is 9.98. The number of guanidine groups is 1. The number of methoxy groups -OCH3 is 1. The van der Waals surface area contributed by atoms with E-state index >= 15 is 0 Å². The molecule has 2 aromatic carbocycles. The molecule has 28 heavy (non-hydrogen) atoms. The maximum Gasteiger partial charge on any atom is 0.269 e. The summed E-state index contributed by atoms with van der Waals surface area (Å²) >= 11 is 0. The maximum absolute atomic E-state index is 10.7. The number of nitro groups is 1. The number of hydrogen-bond donors (Lipinski definition) is 2. The Labute approximate surface area is 182 Å². The molecule has 0 bridgehead atoms. The highest BCUT2D eigenvalue weighted by Crippen LogP contribution is 2.21. The predicted molar refractivity (Wildman–Crippen MR) is 123 cm³/mol. The molecule has 1 atom stereocenters. The number of rotatable bonds is 8. The van der Waals surface area contributed by atoms with Crippen molar-refractivity contribution in [3.63, 3.8) is 0 Å². The fraction of sp³-hybridized carbons (Fsp3) is 0.350. The highest BCUT2D eigenvalue weighted by molar-refractivity contribution is 14.0. The molecule has 0 aromatic heterocycles. The molecule has 0 aliphatic carbocycles. The van der Waals surface area contributed by atoms with Crippen molar-refractivity contribution in [1.82, 2.24) is 10.6 Å². The molecule has 0 saturated heterocycles. The SMILES string of the molecule is CN=C(NCCC(C)c1ccc(OC)cc1)NCc1ccc([N+](=O)[O-])cc1.I. The Bertz CT molecular complexity index is 764. The van der Waals surface area contributed by atoms with Gasteiger partial charge in [0, 0.05) is 32.3 Å². The lowest BCUT2D eigenvalue weighted by molar-refractivity contribution is -0.384. The van der Waals surface area contributed by atoms with Crippen molar-refractivity contribution in [1.29, 1.82) is 0 Å². The second-order valence-electron chi connectivity index (χ2n) is 6.24. The van der Waals surface area contributed by atoms with Crippen LogP contribution >= 0.6 is 24.0 Å². The first-order valence-electron chi connectivity index (χ1n) is 8.85. The monoisotopic (exact) mass is 498 g/mol. The van der Waals surface area contributed by atoms with Crippen molar-refractivity contribution in [2.45, 2.75) is 25.8 Å². The van der Waals surface area contributed by atoms with Crippen LogP contribution in [-0.2, 0) is 6.54 Å². The minimum absolute atomic E-state index is 0. The Morgan fingerprint density at radius 1 is 1.14 bits per heavy atom. The van der Waals surface area contributed by atoms with E-state index in [4.69, 9.17) is 4.74 Å². The topological polar surface area (TPSA) is 88.8 Å². The molecule has 1 unspecified atom stereocenters. The number of aliphatic imine (C=N–C) groups is 1. The van der Waals surface area contributed by atoms with Crippen LogP contribution in [0.3, 0.4) is 0 Å². The maximum atomic E-state index is 10.7. The second kappa shape index (κ2) is 12.2. The van der Waals surface area contributed by atoms with E-state index in [1.54, 1.807) is 26.3 Å². The summed E-state index contributed by atoms with van der Waals surface area (Å²) in [4.78, 5) is 14.5. The van der Waals surface area contributed by atoms with E-state index in [2.05, 4.69) is 34.7 Å². The summed E-state index contributed by atoms with van der Waals surface area (Å²) in [6, 6.07) is 14.6. The third-order valence-corrected chi connectivity index (χ3v) is 4.39. The Kier molecular flexibility index (Phi) is 10.3. The molecule has 0 radical (unpaired) electrons. The van der Waals surface area contributed by atoms with E-state index in [1.807, 2.05) is 12.1 Å². The van der Waals surface area contributed by atoms with Gasteiger partial charge in [0.2, 0.25) is 0 Å². The van der Waals surface area contributed by atoms with Crippen LogP contribution in [0.1, 0.15) is 30.4 Å². The molecular formula is C20H27IN4O3. The fourth-order valence-corrected chi connectivity index (χ4v) is 2.65. The normalized spacial score (nSPS) is 11.9. The van der Waals surface area contributed by atoms with E-state index in [0.29, 0.717) is 18.4 Å². The van der Waals surface area contributed by atoms with Crippen molar-refractivity contribution in [2.24, 2.45) is 4.99 Å². The van der Waals surface area contributed by atoms with Gasteiger partial charge in [-0.15, -0.1) is 24.0 Å². The number of ether oxygens (including phenoxy) is 1. The number of nitrogens with one attached hydrogen (secondary N) is 2. The van der Waals surface area contributed by atoms with Gasteiger partial charge < -0.3 is 15.4 Å². The largest absolute Gasteiger partial charge is 0.497 e. The second-order valence-corrected chi connectivity index (χ2v) is 6.24. The molecular weight excluding hydrogens is 471 g/mol. The smallest absolute Gasteiger partial charge is 0.269 e. The Hall–Kier alpha value is -2.36. The van der Waals surface area contributed by atoms with Gasteiger partial charge in [0.15, 0.2) is 5.96 Å². The van der Waals surface area contributed by atoms with Crippen molar-refractivity contribution >= 4 is 35.6 Å². The van der Waals surface area contributed by atoms with Gasteiger partial charge >= 0.3 is 0 Å². The van der Waals surface area contributed by atoms with Gasteiger partial charge in [-0.3, -0.25) is 15.1 Å². The molecule has 0 saturated carbocycles. The minimum Gasteiger partial charge on any atom is -0.497 e. The van der Waals surface area contributed by atoms with Crippen LogP contribution in [0.25, 0.3) is 0 Å². The number of hydrogen-bond acceptors (Lipinski definition) is 4. The number of benzene rings is 2. The van der Waals surface area contributed by atoms with Crippen LogP contribution in [0, 0.1) is 10.1 Å². The Morgan fingerprint density at radius 2 is 1.79 bits per heavy atom. The van der Waals surface area contributed by atoms with Gasteiger partial charge in [-0.1, -0.05) is 31.2 Å². The summed E-state index contributed by atoms with van der Waals surface area (Å²) in [6.45, 7) is 3.52. The van der Waals surface area contributed by atoms with Crippen molar-refractivity contribution in [2.75, 3.05) is 20.7 Å². The molecule has 2 N–H and O–H groups in total. The summed E-state index contributed by atoms with van der Waals surface area (Å²) < 4.78 is 5.19. The zero-order valence-electron chi connectivity index (χ0n) is 16.3. The molecule has 152 valence electrons. The first-order chi connectivity index (χ1) is 13.0. The molecule has 0 aliphatic rings.